The largest absolute Gasteiger partial charge is 0.310 e. The number of para-hydroxylation sites is 4. The van der Waals surface area contributed by atoms with Crippen molar-refractivity contribution in [2.75, 3.05) is 4.90 Å². The van der Waals surface area contributed by atoms with Crippen LogP contribution in [0.25, 0.3) is 104 Å². The van der Waals surface area contributed by atoms with E-state index in [0.717, 1.165) is 98.9 Å². The molecule has 6 heteroatoms. The Bertz CT molecular complexity index is 4470. The maximum Gasteiger partial charge on any atom is 0.101 e. The summed E-state index contributed by atoms with van der Waals surface area (Å²) < 4.78 is 6.71. The topological polar surface area (TPSA) is 65.6 Å². The lowest BCUT2D eigenvalue weighted by molar-refractivity contribution is 1.12. The molecule has 11 aromatic carbocycles. The van der Waals surface area contributed by atoms with E-state index in [0.29, 0.717) is 22.5 Å². The van der Waals surface area contributed by atoms with Gasteiger partial charge in [-0.1, -0.05) is 133 Å². The van der Waals surface area contributed by atoms with Gasteiger partial charge in [0, 0.05) is 55.1 Å². The van der Waals surface area contributed by atoms with Crippen LogP contribution in [0, 0.1) is 22.7 Å². The minimum Gasteiger partial charge on any atom is -0.310 e. The molecular weight excluding hydrogens is 853 g/mol. The molecule has 3 aromatic heterocycles. The molecule has 6 nitrogen and oxygen atoms in total. The number of rotatable bonds is 6. The summed E-state index contributed by atoms with van der Waals surface area (Å²) in [7, 11) is 0. The minimum atomic E-state index is 0.456. The van der Waals surface area contributed by atoms with Crippen LogP contribution < -0.4 is 4.90 Å². The zero-order valence-electron chi connectivity index (χ0n) is 37.6. The first-order chi connectivity index (χ1) is 34.7. The van der Waals surface area contributed by atoms with Gasteiger partial charge in [-0.3, -0.25) is 0 Å². The van der Waals surface area contributed by atoms with Crippen LogP contribution in [0.3, 0.4) is 0 Å². The number of nitrogens with zero attached hydrogens (tertiary/aromatic N) is 6. The zero-order chi connectivity index (χ0) is 46.5. The molecule has 0 aliphatic carbocycles. The summed E-state index contributed by atoms with van der Waals surface area (Å²) in [5.74, 6) is 0. The van der Waals surface area contributed by atoms with Gasteiger partial charge in [0.05, 0.1) is 55.6 Å². The molecule has 0 amide bonds. The molecule has 324 valence electrons. The second-order valence-corrected chi connectivity index (χ2v) is 17.9. The third-order valence-electron chi connectivity index (χ3n) is 14.2. The molecule has 14 rings (SSSR count). The van der Waals surface area contributed by atoms with Crippen LogP contribution >= 0.6 is 0 Å². The number of hydrogen-bond donors (Lipinski definition) is 0. The van der Waals surface area contributed by atoms with E-state index in [1.165, 1.54) is 10.8 Å². The van der Waals surface area contributed by atoms with Gasteiger partial charge in [0.15, 0.2) is 0 Å². The smallest absolute Gasteiger partial charge is 0.101 e. The third-order valence-corrected chi connectivity index (χ3v) is 14.2. The molecule has 0 unspecified atom stereocenters. The molecular formula is C64H38N6. The summed E-state index contributed by atoms with van der Waals surface area (Å²) >= 11 is 0. The van der Waals surface area contributed by atoms with Crippen LogP contribution in [-0.2, 0) is 0 Å². The van der Waals surface area contributed by atoms with Crippen LogP contribution in [0.15, 0.2) is 231 Å². The van der Waals surface area contributed by atoms with E-state index >= 15 is 0 Å². The maximum absolute atomic E-state index is 11.3. The van der Waals surface area contributed by atoms with Crippen molar-refractivity contribution in [1.29, 1.82) is 10.5 Å². The van der Waals surface area contributed by atoms with Gasteiger partial charge in [0.25, 0.3) is 0 Å². The van der Waals surface area contributed by atoms with Crippen LogP contribution in [0.4, 0.5) is 17.1 Å². The number of benzene rings is 11. The Labute approximate surface area is 402 Å². The molecule has 0 bridgehead atoms. The fourth-order valence-corrected chi connectivity index (χ4v) is 11.3. The summed E-state index contributed by atoms with van der Waals surface area (Å²) in [4.78, 5) is 2.28. The normalized spacial score (nSPS) is 11.7. The molecule has 0 N–H and O–H groups in total. The van der Waals surface area contributed by atoms with Crippen molar-refractivity contribution in [3.63, 3.8) is 0 Å². The first kappa shape index (κ1) is 39.3. The molecule has 0 aliphatic rings. The predicted molar refractivity (Wildman–Crippen MR) is 289 cm³/mol. The highest BCUT2D eigenvalue weighted by atomic mass is 15.1. The highest BCUT2D eigenvalue weighted by molar-refractivity contribution is 6.23. The van der Waals surface area contributed by atoms with E-state index in [4.69, 9.17) is 0 Å². The van der Waals surface area contributed by atoms with E-state index in [9.17, 15) is 10.5 Å². The first-order valence-corrected chi connectivity index (χ1v) is 23.5. The molecule has 0 aliphatic heterocycles. The molecule has 0 radical (unpaired) electrons. The Morgan fingerprint density at radius 2 is 0.714 bits per heavy atom. The van der Waals surface area contributed by atoms with Crippen molar-refractivity contribution in [2.45, 2.75) is 0 Å². The van der Waals surface area contributed by atoms with E-state index < -0.39 is 0 Å². The van der Waals surface area contributed by atoms with Gasteiger partial charge >= 0.3 is 0 Å². The minimum absolute atomic E-state index is 0.456. The number of fused-ring (bicyclic) bond motifs is 13. The number of nitriles is 2. The standard InChI is InChI=1S/C64H38N6/c65-39-43-36-62(70-58-34-30-48(38-54(58)64-50-22-10-8-16-42(50)28-32-60(64)70)68-55-25-13-11-23-51(55)52-24-12-14-26-56(52)68)44(40-66)35-61(43)69-57-33-29-47(67(45-17-3-1-4-18-45)46-19-5-2-6-20-46)37-53(57)63-49-21-9-7-15-41(49)27-31-59(63)69/h1-38H. The number of anilines is 3. The van der Waals surface area contributed by atoms with E-state index in [1.54, 1.807) is 0 Å². The molecule has 0 saturated heterocycles. The molecule has 70 heavy (non-hydrogen) atoms. The summed E-state index contributed by atoms with van der Waals surface area (Å²) in [6.07, 6.45) is 0. The van der Waals surface area contributed by atoms with Crippen LogP contribution in [-0.4, -0.2) is 13.7 Å². The van der Waals surface area contributed by atoms with Gasteiger partial charge in [-0.25, -0.2) is 0 Å². The SMILES string of the molecule is N#Cc1cc(-n2c3ccc(-n4c5ccccc5c5ccccc54)cc3c3c4ccccc4ccc32)c(C#N)cc1-n1c2ccc(N(c3ccccc3)c3ccccc3)cc2c2c3ccccc3ccc21. The zero-order valence-corrected chi connectivity index (χ0v) is 37.6. The number of hydrogen-bond acceptors (Lipinski definition) is 3. The Morgan fingerprint density at radius 3 is 1.23 bits per heavy atom. The quantitative estimate of drug-likeness (QED) is 0.167. The van der Waals surface area contributed by atoms with Crippen LogP contribution in [0.2, 0.25) is 0 Å². The Morgan fingerprint density at radius 1 is 0.300 bits per heavy atom. The molecule has 0 saturated carbocycles. The van der Waals surface area contributed by atoms with E-state index in [1.807, 2.05) is 24.3 Å². The van der Waals surface area contributed by atoms with Gasteiger partial charge in [0.1, 0.15) is 12.1 Å². The molecule has 0 atom stereocenters. The van der Waals surface area contributed by atoms with Crippen molar-refractivity contribution in [3.05, 3.63) is 242 Å². The lowest BCUT2D eigenvalue weighted by Gasteiger charge is -2.25. The van der Waals surface area contributed by atoms with Crippen molar-refractivity contribution >= 4 is 104 Å². The van der Waals surface area contributed by atoms with Crippen LogP contribution in [0.1, 0.15) is 11.1 Å². The van der Waals surface area contributed by atoms with Gasteiger partial charge in [-0.15, -0.1) is 0 Å². The molecule has 3 heterocycles. The Balaban J connectivity index is 1.02. The van der Waals surface area contributed by atoms with E-state index in [-0.39, 0.29) is 0 Å². The monoisotopic (exact) mass is 890 g/mol. The fraction of sp³-hybridized carbons (Fsp3) is 0. The van der Waals surface area contributed by atoms with Crippen molar-refractivity contribution in [3.8, 4) is 29.2 Å². The lowest BCUT2D eigenvalue weighted by atomic mass is 10.0. The highest BCUT2D eigenvalue weighted by Crippen LogP contribution is 2.45. The summed E-state index contributed by atoms with van der Waals surface area (Å²) in [5, 5.41) is 33.8. The van der Waals surface area contributed by atoms with Crippen molar-refractivity contribution in [1.82, 2.24) is 13.7 Å². The average Bonchev–Trinajstić information content (AvgIpc) is 4.06. The van der Waals surface area contributed by atoms with E-state index in [2.05, 4.69) is 237 Å². The fourth-order valence-electron chi connectivity index (χ4n) is 11.3. The Hall–Kier alpha value is -9.88. The second kappa shape index (κ2) is 15.3. The molecule has 14 aromatic rings. The van der Waals surface area contributed by atoms with Gasteiger partial charge in [-0.05, 0) is 119 Å². The highest BCUT2D eigenvalue weighted by Gasteiger charge is 2.24. The lowest BCUT2D eigenvalue weighted by Crippen LogP contribution is -2.09. The average molecular weight is 891 g/mol. The van der Waals surface area contributed by atoms with Gasteiger partial charge in [0.2, 0.25) is 0 Å². The van der Waals surface area contributed by atoms with Gasteiger partial charge in [-0.2, -0.15) is 10.5 Å². The van der Waals surface area contributed by atoms with Crippen molar-refractivity contribution < 1.29 is 0 Å². The Kier molecular flexibility index (Phi) is 8.61. The van der Waals surface area contributed by atoms with Gasteiger partial charge < -0.3 is 18.6 Å². The second-order valence-electron chi connectivity index (χ2n) is 17.9. The molecule has 0 spiro atoms. The number of aromatic nitrogens is 3. The first-order valence-electron chi connectivity index (χ1n) is 23.5. The summed E-state index contributed by atoms with van der Waals surface area (Å²) in [6.45, 7) is 0. The summed E-state index contributed by atoms with van der Waals surface area (Å²) in [5.41, 5.74) is 12.4. The molecule has 0 fully saturated rings. The predicted octanol–water partition coefficient (Wildman–Crippen LogP) is 16.5. The van der Waals surface area contributed by atoms with Crippen molar-refractivity contribution in [2.24, 2.45) is 0 Å². The maximum atomic E-state index is 11.3. The van der Waals surface area contributed by atoms with Crippen LogP contribution in [0.5, 0.6) is 0 Å². The summed E-state index contributed by atoms with van der Waals surface area (Å²) in [6, 6.07) is 85.8. The third kappa shape index (κ3) is 5.72.